The molecule has 1 heterocycles. The number of amides is 1. The molecule has 0 atom stereocenters. The molecule has 0 bridgehead atoms. The quantitative estimate of drug-likeness (QED) is 0.944. The van der Waals surface area contributed by atoms with Gasteiger partial charge in [0.1, 0.15) is 0 Å². The Kier molecular flexibility index (Phi) is 4.11. The van der Waals surface area contributed by atoms with Crippen LogP contribution in [0.2, 0.25) is 0 Å². The normalized spacial score (nSPS) is 10.1. The molecule has 0 aliphatic heterocycles. The SMILES string of the molecule is CN(C)c1ncc(NC(=O)c2ccc(Br)cc2)cn1. The van der Waals surface area contributed by atoms with E-state index in [0.29, 0.717) is 17.2 Å². The molecule has 98 valence electrons. The number of aromatic nitrogens is 2. The summed E-state index contributed by atoms with van der Waals surface area (Å²) in [6.07, 6.45) is 3.16. The fourth-order valence-electron chi connectivity index (χ4n) is 1.42. The fourth-order valence-corrected chi connectivity index (χ4v) is 1.69. The molecule has 1 amide bonds. The first-order valence-corrected chi connectivity index (χ1v) is 6.42. The van der Waals surface area contributed by atoms with E-state index in [9.17, 15) is 4.79 Å². The molecule has 0 aliphatic carbocycles. The monoisotopic (exact) mass is 320 g/mol. The van der Waals surface area contributed by atoms with Gasteiger partial charge in [0.25, 0.3) is 5.91 Å². The molecular formula is C13H13BrN4O. The Morgan fingerprint density at radius 3 is 2.26 bits per heavy atom. The van der Waals surface area contributed by atoms with Crippen LogP contribution in [0.1, 0.15) is 10.4 Å². The zero-order chi connectivity index (χ0) is 13.8. The molecule has 1 N–H and O–H groups in total. The summed E-state index contributed by atoms with van der Waals surface area (Å²) in [7, 11) is 3.71. The van der Waals surface area contributed by atoms with Gasteiger partial charge < -0.3 is 10.2 Å². The Morgan fingerprint density at radius 1 is 1.16 bits per heavy atom. The van der Waals surface area contributed by atoms with E-state index in [1.54, 1.807) is 29.4 Å². The highest BCUT2D eigenvalue weighted by atomic mass is 79.9. The van der Waals surface area contributed by atoms with Crippen molar-refractivity contribution in [3.05, 3.63) is 46.7 Å². The third kappa shape index (κ3) is 3.51. The average Bonchev–Trinajstić information content (AvgIpc) is 2.40. The van der Waals surface area contributed by atoms with Crippen LogP contribution in [0.3, 0.4) is 0 Å². The number of halogens is 1. The summed E-state index contributed by atoms with van der Waals surface area (Å²) in [5.74, 6) is 0.412. The van der Waals surface area contributed by atoms with E-state index in [1.165, 1.54) is 0 Å². The third-order valence-corrected chi connectivity index (χ3v) is 2.93. The van der Waals surface area contributed by atoms with Crippen molar-refractivity contribution in [1.29, 1.82) is 0 Å². The van der Waals surface area contributed by atoms with Gasteiger partial charge in [-0.2, -0.15) is 0 Å². The molecule has 0 spiro atoms. The van der Waals surface area contributed by atoms with E-state index in [2.05, 4.69) is 31.2 Å². The molecule has 1 aromatic heterocycles. The Labute approximate surface area is 119 Å². The van der Waals surface area contributed by atoms with Crippen molar-refractivity contribution in [3.63, 3.8) is 0 Å². The van der Waals surface area contributed by atoms with Crippen LogP contribution < -0.4 is 10.2 Å². The van der Waals surface area contributed by atoms with Crippen molar-refractivity contribution in [2.45, 2.75) is 0 Å². The van der Waals surface area contributed by atoms with Crippen molar-refractivity contribution in [2.24, 2.45) is 0 Å². The molecular weight excluding hydrogens is 308 g/mol. The molecule has 0 aliphatic rings. The Hall–Kier alpha value is -1.95. The number of hydrogen-bond acceptors (Lipinski definition) is 4. The minimum absolute atomic E-state index is 0.186. The molecule has 19 heavy (non-hydrogen) atoms. The summed E-state index contributed by atoms with van der Waals surface area (Å²) in [6, 6.07) is 7.13. The average molecular weight is 321 g/mol. The maximum absolute atomic E-state index is 12.0. The summed E-state index contributed by atoms with van der Waals surface area (Å²) < 4.78 is 0.933. The molecule has 2 aromatic rings. The third-order valence-electron chi connectivity index (χ3n) is 2.40. The summed E-state index contributed by atoms with van der Waals surface area (Å²) >= 11 is 3.33. The van der Waals surface area contributed by atoms with Gasteiger partial charge in [-0.1, -0.05) is 15.9 Å². The molecule has 0 fully saturated rings. The first-order chi connectivity index (χ1) is 9.06. The van der Waals surface area contributed by atoms with E-state index >= 15 is 0 Å². The maximum Gasteiger partial charge on any atom is 0.255 e. The lowest BCUT2D eigenvalue weighted by atomic mass is 10.2. The van der Waals surface area contributed by atoms with Gasteiger partial charge in [0.15, 0.2) is 0 Å². The number of rotatable bonds is 3. The molecule has 5 nitrogen and oxygen atoms in total. The van der Waals surface area contributed by atoms with Crippen LogP contribution in [0.15, 0.2) is 41.1 Å². The summed E-state index contributed by atoms with van der Waals surface area (Å²) in [5.41, 5.74) is 1.15. The van der Waals surface area contributed by atoms with Crippen LogP contribution in [-0.4, -0.2) is 30.0 Å². The van der Waals surface area contributed by atoms with Crippen molar-refractivity contribution < 1.29 is 4.79 Å². The van der Waals surface area contributed by atoms with E-state index in [1.807, 2.05) is 26.2 Å². The number of carbonyl (C=O) groups excluding carboxylic acids is 1. The van der Waals surface area contributed by atoms with Gasteiger partial charge >= 0.3 is 0 Å². The number of hydrogen-bond donors (Lipinski definition) is 1. The second kappa shape index (κ2) is 5.79. The van der Waals surface area contributed by atoms with Crippen LogP contribution in [0.4, 0.5) is 11.6 Å². The first-order valence-electron chi connectivity index (χ1n) is 5.62. The molecule has 1 aromatic carbocycles. The lowest BCUT2D eigenvalue weighted by molar-refractivity contribution is 0.102. The number of nitrogens with zero attached hydrogens (tertiary/aromatic N) is 3. The highest BCUT2D eigenvalue weighted by Crippen LogP contribution is 2.13. The minimum Gasteiger partial charge on any atom is -0.347 e. The summed E-state index contributed by atoms with van der Waals surface area (Å²) in [5, 5.41) is 2.75. The Balaban J connectivity index is 2.08. The van der Waals surface area contributed by atoms with E-state index in [4.69, 9.17) is 0 Å². The van der Waals surface area contributed by atoms with Crippen molar-refractivity contribution >= 4 is 33.5 Å². The lowest BCUT2D eigenvalue weighted by Crippen LogP contribution is -2.15. The zero-order valence-corrected chi connectivity index (χ0v) is 12.2. The first kappa shape index (κ1) is 13.5. The van der Waals surface area contributed by atoms with Gasteiger partial charge in [0.05, 0.1) is 18.1 Å². The van der Waals surface area contributed by atoms with Crippen molar-refractivity contribution in [3.8, 4) is 0 Å². The van der Waals surface area contributed by atoms with Crippen LogP contribution in [-0.2, 0) is 0 Å². The summed E-state index contributed by atoms with van der Waals surface area (Å²) in [6.45, 7) is 0. The maximum atomic E-state index is 12.0. The molecule has 2 rings (SSSR count). The molecule has 0 radical (unpaired) electrons. The highest BCUT2D eigenvalue weighted by molar-refractivity contribution is 9.10. The van der Waals surface area contributed by atoms with Crippen molar-refractivity contribution in [2.75, 3.05) is 24.3 Å². The lowest BCUT2D eigenvalue weighted by Gasteiger charge is -2.10. The second-order valence-corrected chi connectivity index (χ2v) is 5.04. The van der Waals surface area contributed by atoms with Gasteiger partial charge in [-0.3, -0.25) is 4.79 Å². The van der Waals surface area contributed by atoms with Crippen LogP contribution in [0.5, 0.6) is 0 Å². The van der Waals surface area contributed by atoms with E-state index in [0.717, 1.165) is 4.47 Å². The van der Waals surface area contributed by atoms with E-state index in [-0.39, 0.29) is 5.91 Å². The number of nitrogens with one attached hydrogen (secondary N) is 1. The van der Waals surface area contributed by atoms with Crippen LogP contribution in [0.25, 0.3) is 0 Å². The predicted molar refractivity (Wildman–Crippen MR) is 78.5 cm³/mol. The van der Waals surface area contributed by atoms with Gasteiger partial charge in [0.2, 0.25) is 5.95 Å². The molecule has 6 heteroatoms. The fraction of sp³-hybridized carbons (Fsp3) is 0.154. The van der Waals surface area contributed by atoms with Gasteiger partial charge in [-0.25, -0.2) is 9.97 Å². The zero-order valence-electron chi connectivity index (χ0n) is 10.6. The van der Waals surface area contributed by atoms with Crippen molar-refractivity contribution in [1.82, 2.24) is 9.97 Å². The van der Waals surface area contributed by atoms with Gasteiger partial charge in [-0.15, -0.1) is 0 Å². The molecule has 0 unspecified atom stereocenters. The Morgan fingerprint density at radius 2 is 1.74 bits per heavy atom. The highest BCUT2D eigenvalue weighted by Gasteiger charge is 2.06. The second-order valence-electron chi connectivity index (χ2n) is 4.13. The number of anilines is 2. The topological polar surface area (TPSA) is 58.1 Å². The van der Waals surface area contributed by atoms with Crippen LogP contribution in [0, 0.1) is 0 Å². The molecule has 0 saturated heterocycles. The van der Waals surface area contributed by atoms with E-state index < -0.39 is 0 Å². The standard InChI is InChI=1S/C13H13BrN4O/c1-18(2)13-15-7-11(8-16-13)17-12(19)9-3-5-10(14)6-4-9/h3-8H,1-2H3,(H,17,19). The smallest absolute Gasteiger partial charge is 0.255 e. The Bertz CT molecular complexity index is 566. The number of benzene rings is 1. The van der Waals surface area contributed by atoms with Crippen LogP contribution >= 0.6 is 15.9 Å². The predicted octanol–water partition coefficient (Wildman–Crippen LogP) is 2.56. The largest absolute Gasteiger partial charge is 0.347 e. The molecule has 0 saturated carbocycles. The van der Waals surface area contributed by atoms with Gasteiger partial charge in [-0.05, 0) is 24.3 Å². The summed E-state index contributed by atoms with van der Waals surface area (Å²) in [4.78, 5) is 22.0. The van der Waals surface area contributed by atoms with Gasteiger partial charge in [0, 0.05) is 24.1 Å². The minimum atomic E-state index is -0.186. The number of carbonyl (C=O) groups is 1.